The van der Waals surface area contributed by atoms with E-state index in [1.165, 1.54) is 5.56 Å². The number of hydrogen-bond donors (Lipinski definition) is 1. The molecule has 2 aromatic carbocycles. The molecule has 1 heterocycles. The summed E-state index contributed by atoms with van der Waals surface area (Å²) < 4.78 is 11.1. The van der Waals surface area contributed by atoms with E-state index in [4.69, 9.17) is 14.7 Å². The second kappa shape index (κ2) is 8.02. The average Bonchev–Trinajstić information content (AvgIpc) is 2.81. The summed E-state index contributed by atoms with van der Waals surface area (Å²) in [5.41, 5.74) is 2.74. The molecule has 0 aromatic heterocycles. The Morgan fingerprint density at radius 1 is 1.24 bits per heavy atom. The van der Waals surface area contributed by atoms with Gasteiger partial charge in [-0.15, -0.1) is 0 Å². The fourth-order valence-corrected chi connectivity index (χ4v) is 3.12. The Bertz CT molecular complexity index is 770. The van der Waals surface area contributed by atoms with Crippen molar-refractivity contribution in [3.63, 3.8) is 0 Å². The summed E-state index contributed by atoms with van der Waals surface area (Å²) in [6.07, 6.45) is 0.317. The van der Waals surface area contributed by atoms with E-state index < -0.39 is 6.10 Å². The summed E-state index contributed by atoms with van der Waals surface area (Å²) in [6.45, 7) is 2.90. The fraction of sp³-hybridized carbons (Fsp3) is 0.350. The summed E-state index contributed by atoms with van der Waals surface area (Å²) in [6, 6.07) is 15.3. The predicted molar refractivity (Wildman–Crippen MR) is 94.5 cm³/mol. The molecule has 0 fully saturated rings. The van der Waals surface area contributed by atoms with Crippen molar-refractivity contribution in [3.8, 4) is 17.6 Å². The number of hydrogen-bond acceptors (Lipinski definition) is 5. The molecule has 3 rings (SSSR count). The average molecular weight is 338 g/mol. The Kier molecular flexibility index (Phi) is 5.54. The SMILES string of the molecule is COc1cc(C#N)ccc1OCCN1CCC(O)c2ccccc2C1. The summed E-state index contributed by atoms with van der Waals surface area (Å²) >= 11 is 0. The van der Waals surface area contributed by atoms with Crippen molar-refractivity contribution in [2.24, 2.45) is 0 Å². The first-order valence-corrected chi connectivity index (χ1v) is 8.40. The van der Waals surface area contributed by atoms with E-state index in [0.29, 0.717) is 23.7 Å². The molecular formula is C20H22N2O3. The minimum atomic E-state index is -0.402. The third-order valence-corrected chi connectivity index (χ3v) is 4.48. The van der Waals surface area contributed by atoms with Crippen LogP contribution in [0.15, 0.2) is 42.5 Å². The van der Waals surface area contributed by atoms with E-state index in [2.05, 4.69) is 17.0 Å². The molecule has 130 valence electrons. The molecule has 0 bridgehead atoms. The van der Waals surface area contributed by atoms with E-state index in [1.807, 2.05) is 18.2 Å². The van der Waals surface area contributed by atoms with Gasteiger partial charge in [0.1, 0.15) is 6.61 Å². The first-order valence-electron chi connectivity index (χ1n) is 8.40. The lowest BCUT2D eigenvalue weighted by Gasteiger charge is -2.21. The Labute approximate surface area is 148 Å². The number of methoxy groups -OCH3 is 1. The Morgan fingerprint density at radius 3 is 2.88 bits per heavy atom. The van der Waals surface area contributed by atoms with Crippen LogP contribution in [0.3, 0.4) is 0 Å². The fourth-order valence-electron chi connectivity index (χ4n) is 3.12. The quantitative estimate of drug-likeness (QED) is 0.908. The maximum absolute atomic E-state index is 10.3. The second-order valence-electron chi connectivity index (χ2n) is 6.11. The highest BCUT2D eigenvalue weighted by molar-refractivity contribution is 5.46. The highest BCUT2D eigenvalue weighted by atomic mass is 16.5. The minimum Gasteiger partial charge on any atom is -0.493 e. The highest BCUT2D eigenvalue weighted by Gasteiger charge is 2.20. The van der Waals surface area contributed by atoms with Crippen LogP contribution < -0.4 is 9.47 Å². The zero-order valence-electron chi connectivity index (χ0n) is 14.3. The van der Waals surface area contributed by atoms with E-state index in [0.717, 1.165) is 31.6 Å². The molecule has 0 amide bonds. The smallest absolute Gasteiger partial charge is 0.162 e. The number of benzene rings is 2. The molecule has 1 unspecified atom stereocenters. The standard InChI is InChI=1S/C20H22N2O3/c1-24-20-12-15(13-21)6-7-19(20)25-11-10-22-9-8-18(23)17-5-3-2-4-16(17)14-22/h2-7,12,18,23H,8-11,14H2,1H3. The van der Waals surface area contributed by atoms with Crippen LogP contribution in [0.25, 0.3) is 0 Å². The van der Waals surface area contributed by atoms with Gasteiger partial charge in [-0.3, -0.25) is 4.90 Å². The number of ether oxygens (including phenoxy) is 2. The molecule has 1 atom stereocenters. The first-order chi connectivity index (χ1) is 12.2. The van der Waals surface area contributed by atoms with Gasteiger partial charge in [0, 0.05) is 25.7 Å². The van der Waals surface area contributed by atoms with Crippen LogP contribution in [0.1, 0.15) is 29.2 Å². The van der Waals surface area contributed by atoms with Crippen molar-refractivity contribution >= 4 is 0 Å². The predicted octanol–water partition coefficient (Wildman–Crippen LogP) is 2.88. The molecule has 1 aliphatic heterocycles. The third kappa shape index (κ3) is 4.11. The van der Waals surface area contributed by atoms with Crippen molar-refractivity contribution < 1.29 is 14.6 Å². The van der Waals surface area contributed by atoms with Gasteiger partial charge >= 0.3 is 0 Å². The molecule has 0 spiro atoms. The van der Waals surface area contributed by atoms with Crippen molar-refractivity contribution in [2.45, 2.75) is 19.1 Å². The Morgan fingerprint density at radius 2 is 2.08 bits per heavy atom. The van der Waals surface area contributed by atoms with Crippen LogP contribution in [-0.2, 0) is 6.54 Å². The van der Waals surface area contributed by atoms with Crippen molar-refractivity contribution in [1.29, 1.82) is 5.26 Å². The Balaban J connectivity index is 1.61. The molecule has 2 aromatic rings. The Hall–Kier alpha value is -2.55. The number of rotatable bonds is 5. The maximum atomic E-state index is 10.3. The molecule has 0 aliphatic carbocycles. The monoisotopic (exact) mass is 338 g/mol. The van der Waals surface area contributed by atoms with Crippen molar-refractivity contribution in [1.82, 2.24) is 4.90 Å². The van der Waals surface area contributed by atoms with Gasteiger partial charge in [0.05, 0.1) is 24.8 Å². The molecular weight excluding hydrogens is 316 g/mol. The van der Waals surface area contributed by atoms with Gasteiger partial charge in [0.25, 0.3) is 0 Å². The summed E-state index contributed by atoms with van der Waals surface area (Å²) in [4.78, 5) is 2.28. The number of nitriles is 1. The van der Waals surface area contributed by atoms with Crippen LogP contribution in [-0.4, -0.2) is 36.8 Å². The molecule has 25 heavy (non-hydrogen) atoms. The van der Waals surface area contributed by atoms with E-state index >= 15 is 0 Å². The van der Waals surface area contributed by atoms with E-state index in [-0.39, 0.29) is 0 Å². The minimum absolute atomic E-state index is 0.402. The van der Waals surface area contributed by atoms with E-state index in [1.54, 1.807) is 25.3 Å². The van der Waals surface area contributed by atoms with Crippen LogP contribution in [0.4, 0.5) is 0 Å². The number of fused-ring (bicyclic) bond motifs is 1. The van der Waals surface area contributed by atoms with Crippen LogP contribution in [0.2, 0.25) is 0 Å². The zero-order valence-corrected chi connectivity index (χ0v) is 14.3. The molecule has 5 nitrogen and oxygen atoms in total. The molecule has 0 saturated carbocycles. The van der Waals surface area contributed by atoms with Gasteiger partial charge in [-0.2, -0.15) is 5.26 Å². The summed E-state index contributed by atoms with van der Waals surface area (Å²) in [5, 5.41) is 19.2. The molecule has 0 saturated heterocycles. The lowest BCUT2D eigenvalue weighted by atomic mass is 10.0. The van der Waals surface area contributed by atoms with Crippen molar-refractivity contribution in [2.75, 3.05) is 26.8 Å². The van der Waals surface area contributed by atoms with Gasteiger partial charge in [-0.1, -0.05) is 24.3 Å². The summed E-state index contributed by atoms with van der Waals surface area (Å²) in [5.74, 6) is 1.20. The van der Waals surface area contributed by atoms with Gasteiger partial charge < -0.3 is 14.6 Å². The van der Waals surface area contributed by atoms with E-state index in [9.17, 15) is 5.11 Å². The maximum Gasteiger partial charge on any atom is 0.162 e. The normalized spacial score (nSPS) is 17.2. The van der Waals surface area contributed by atoms with Crippen molar-refractivity contribution in [3.05, 3.63) is 59.2 Å². The van der Waals surface area contributed by atoms with Crippen LogP contribution in [0, 0.1) is 11.3 Å². The summed E-state index contributed by atoms with van der Waals surface area (Å²) in [7, 11) is 1.57. The number of aliphatic hydroxyl groups is 1. The molecule has 5 heteroatoms. The van der Waals surface area contributed by atoms with Crippen LogP contribution in [0.5, 0.6) is 11.5 Å². The molecule has 1 N–H and O–H groups in total. The number of nitrogens with zero attached hydrogens (tertiary/aromatic N) is 2. The zero-order chi connectivity index (χ0) is 17.6. The van der Waals surface area contributed by atoms with Gasteiger partial charge in [0.2, 0.25) is 0 Å². The van der Waals surface area contributed by atoms with Crippen LogP contribution >= 0.6 is 0 Å². The van der Waals surface area contributed by atoms with Gasteiger partial charge in [-0.25, -0.2) is 0 Å². The van der Waals surface area contributed by atoms with Gasteiger partial charge in [-0.05, 0) is 29.7 Å². The lowest BCUT2D eigenvalue weighted by molar-refractivity contribution is 0.143. The molecule has 0 radical (unpaired) electrons. The number of aliphatic hydroxyl groups excluding tert-OH is 1. The lowest BCUT2D eigenvalue weighted by Crippen LogP contribution is -2.28. The third-order valence-electron chi connectivity index (χ3n) is 4.48. The second-order valence-corrected chi connectivity index (χ2v) is 6.11. The molecule has 1 aliphatic rings. The van der Waals surface area contributed by atoms with Gasteiger partial charge in [0.15, 0.2) is 11.5 Å². The largest absolute Gasteiger partial charge is 0.493 e. The first kappa shape index (κ1) is 17.3. The topological polar surface area (TPSA) is 65.7 Å². The highest BCUT2D eigenvalue weighted by Crippen LogP contribution is 2.28.